The van der Waals surface area contributed by atoms with Gasteiger partial charge in [0.15, 0.2) is 5.69 Å². The van der Waals surface area contributed by atoms with Crippen LogP contribution in [-0.2, 0) is 13.1 Å². The van der Waals surface area contributed by atoms with Crippen molar-refractivity contribution < 1.29 is 0 Å². The Morgan fingerprint density at radius 3 is 2.56 bits per heavy atom. The van der Waals surface area contributed by atoms with E-state index in [1.165, 1.54) is 0 Å². The molecule has 0 saturated carbocycles. The number of nitriles is 1. The van der Waals surface area contributed by atoms with Crippen LogP contribution in [0.15, 0.2) is 42.6 Å². The molecule has 0 amide bonds. The number of hydrogen-bond acceptors (Lipinski definition) is 4. The van der Waals surface area contributed by atoms with Crippen LogP contribution in [0.5, 0.6) is 0 Å². The monoisotopic (exact) mass is 238 g/mol. The summed E-state index contributed by atoms with van der Waals surface area (Å²) in [4.78, 5) is 4.00. The van der Waals surface area contributed by atoms with Gasteiger partial charge >= 0.3 is 0 Å². The molecule has 0 spiro atoms. The lowest BCUT2D eigenvalue weighted by Gasteiger charge is -2.07. The first kappa shape index (κ1) is 12.1. The Morgan fingerprint density at radius 1 is 1.17 bits per heavy atom. The molecule has 0 aliphatic rings. The highest BCUT2D eigenvalue weighted by atomic mass is 14.9. The summed E-state index contributed by atoms with van der Waals surface area (Å²) in [5.74, 6) is 0. The highest BCUT2D eigenvalue weighted by molar-refractivity contribution is 5.53. The Morgan fingerprint density at radius 2 is 1.89 bits per heavy atom. The van der Waals surface area contributed by atoms with Gasteiger partial charge in [-0.05, 0) is 23.3 Å². The topological polar surface area (TPSA) is 74.7 Å². The largest absolute Gasteiger partial charge is 0.379 e. The van der Waals surface area contributed by atoms with E-state index in [4.69, 9.17) is 11.0 Å². The number of hydrogen-bond donors (Lipinski definition) is 2. The molecule has 1 aromatic carbocycles. The first-order valence-corrected chi connectivity index (χ1v) is 5.70. The van der Waals surface area contributed by atoms with Crippen LogP contribution in [0.3, 0.4) is 0 Å². The molecule has 0 saturated heterocycles. The van der Waals surface area contributed by atoms with E-state index < -0.39 is 0 Å². The predicted molar refractivity (Wildman–Crippen MR) is 70.6 cm³/mol. The minimum Gasteiger partial charge on any atom is -0.379 e. The van der Waals surface area contributed by atoms with Crippen molar-refractivity contribution in [1.29, 1.82) is 5.26 Å². The first-order valence-electron chi connectivity index (χ1n) is 5.70. The van der Waals surface area contributed by atoms with Crippen LogP contribution in [0.2, 0.25) is 0 Å². The standard InChI is InChI=1S/C14H14N4/c15-8-11-3-5-12(6-4-11)10-18-13-2-1-7-17-14(13)9-16/h1-7,18H,8,10,15H2. The summed E-state index contributed by atoms with van der Waals surface area (Å²) in [6, 6.07) is 13.8. The molecule has 0 unspecified atom stereocenters. The van der Waals surface area contributed by atoms with E-state index in [0.29, 0.717) is 18.8 Å². The summed E-state index contributed by atoms with van der Waals surface area (Å²) in [6.45, 7) is 1.21. The van der Waals surface area contributed by atoms with Crippen LogP contribution >= 0.6 is 0 Å². The lowest BCUT2D eigenvalue weighted by Crippen LogP contribution is -2.03. The highest BCUT2D eigenvalue weighted by Gasteiger charge is 2.01. The maximum absolute atomic E-state index is 8.92. The molecule has 1 heterocycles. The predicted octanol–water partition coefficient (Wildman–Crippen LogP) is 2.02. The molecule has 0 atom stereocenters. The minimum atomic E-state index is 0.413. The zero-order chi connectivity index (χ0) is 12.8. The van der Waals surface area contributed by atoms with Crippen LogP contribution in [0.25, 0.3) is 0 Å². The van der Waals surface area contributed by atoms with Gasteiger partial charge < -0.3 is 11.1 Å². The van der Waals surface area contributed by atoms with Crippen molar-refractivity contribution in [1.82, 2.24) is 4.98 Å². The zero-order valence-electron chi connectivity index (χ0n) is 9.93. The van der Waals surface area contributed by atoms with Crippen LogP contribution in [0.1, 0.15) is 16.8 Å². The smallest absolute Gasteiger partial charge is 0.163 e. The lowest BCUT2D eigenvalue weighted by atomic mass is 10.1. The first-order chi connectivity index (χ1) is 8.83. The fourth-order valence-electron chi connectivity index (χ4n) is 1.63. The Kier molecular flexibility index (Phi) is 3.90. The molecule has 4 heteroatoms. The van der Waals surface area contributed by atoms with Gasteiger partial charge in [-0.3, -0.25) is 0 Å². The van der Waals surface area contributed by atoms with Crippen molar-refractivity contribution in [2.45, 2.75) is 13.1 Å². The van der Waals surface area contributed by atoms with E-state index in [-0.39, 0.29) is 0 Å². The minimum absolute atomic E-state index is 0.413. The molecule has 90 valence electrons. The van der Waals surface area contributed by atoms with E-state index in [0.717, 1.165) is 16.8 Å². The molecule has 0 fully saturated rings. The van der Waals surface area contributed by atoms with Crippen molar-refractivity contribution >= 4 is 5.69 Å². The zero-order valence-corrected chi connectivity index (χ0v) is 9.93. The molecule has 0 aliphatic heterocycles. The van der Waals surface area contributed by atoms with Crippen LogP contribution < -0.4 is 11.1 Å². The molecule has 1 aromatic heterocycles. The van der Waals surface area contributed by atoms with Crippen molar-refractivity contribution in [3.63, 3.8) is 0 Å². The lowest BCUT2D eigenvalue weighted by molar-refractivity contribution is 1.06. The normalized spacial score (nSPS) is 9.78. The second kappa shape index (κ2) is 5.80. The number of benzene rings is 1. The van der Waals surface area contributed by atoms with Crippen molar-refractivity contribution in [3.8, 4) is 6.07 Å². The van der Waals surface area contributed by atoms with Gasteiger partial charge in [-0.2, -0.15) is 5.26 Å². The second-order valence-corrected chi connectivity index (χ2v) is 3.89. The Balaban J connectivity index is 2.05. The van der Waals surface area contributed by atoms with E-state index in [9.17, 15) is 0 Å². The van der Waals surface area contributed by atoms with E-state index in [1.54, 1.807) is 12.3 Å². The van der Waals surface area contributed by atoms with Crippen molar-refractivity contribution in [2.75, 3.05) is 5.32 Å². The number of nitrogens with zero attached hydrogens (tertiary/aromatic N) is 2. The van der Waals surface area contributed by atoms with E-state index in [1.807, 2.05) is 30.3 Å². The molecule has 4 nitrogen and oxygen atoms in total. The summed E-state index contributed by atoms with van der Waals surface area (Å²) < 4.78 is 0. The number of rotatable bonds is 4. The highest BCUT2D eigenvalue weighted by Crippen LogP contribution is 2.12. The SMILES string of the molecule is N#Cc1ncccc1NCc1ccc(CN)cc1. The maximum Gasteiger partial charge on any atom is 0.163 e. The number of anilines is 1. The van der Waals surface area contributed by atoms with Gasteiger partial charge in [0.05, 0.1) is 5.69 Å². The van der Waals surface area contributed by atoms with Gasteiger partial charge in [0.25, 0.3) is 0 Å². The Hall–Kier alpha value is -2.38. The van der Waals surface area contributed by atoms with Crippen LogP contribution in [0, 0.1) is 11.3 Å². The fraction of sp³-hybridized carbons (Fsp3) is 0.143. The third kappa shape index (κ3) is 2.84. The van der Waals surface area contributed by atoms with Gasteiger partial charge in [0.2, 0.25) is 0 Å². The molecule has 0 radical (unpaired) electrons. The van der Waals surface area contributed by atoms with Gasteiger partial charge in [-0.1, -0.05) is 24.3 Å². The molecule has 3 N–H and O–H groups in total. The quantitative estimate of drug-likeness (QED) is 0.854. The van der Waals surface area contributed by atoms with Crippen LogP contribution in [0.4, 0.5) is 5.69 Å². The van der Waals surface area contributed by atoms with Gasteiger partial charge in [0.1, 0.15) is 6.07 Å². The third-order valence-corrected chi connectivity index (χ3v) is 2.66. The van der Waals surface area contributed by atoms with Crippen LogP contribution in [-0.4, -0.2) is 4.98 Å². The summed E-state index contributed by atoms with van der Waals surface area (Å²) in [6.07, 6.45) is 1.61. The third-order valence-electron chi connectivity index (χ3n) is 2.66. The maximum atomic E-state index is 8.92. The molecule has 18 heavy (non-hydrogen) atoms. The van der Waals surface area contributed by atoms with Gasteiger partial charge in [-0.15, -0.1) is 0 Å². The molecular weight excluding hydrogens is 224 g/mol. The number of nitrogens with two attached hydrogens (primary N) is 1. The number of aromatic nitrogens is 1. The molecular formula is C14H14N4. The Bertz CT molecular complexity index is 555. The summed E-state index contributed by atoms with van der Waals surface area (Å²) in [5.41, 5.74) is 8.96. The Labute approximate surface area is 106 Å². The average molecular weight is 238 g/mol. The summed E-state index contributed by atoms with van der Waals surface area (Å²) >= 11 is 0. The average Bonchev–Trinajstić information content (AvgIpc) is 2.46. The second-order valence-electron chi connectivity index (χ2n) is 3.89. The molecule has 0 aliphatic carbocycles. The summed E-state index contributed by atoms with van der Waals surface area (Å²) in [5, 5.41) is 12.1. The molecule has 2 aromatic rings. The van der Waals surface area contributed by atoms with E-state index in [2.05, 4.69) is 16.4 Å². The molecule has 2 rings (SSSR count). The summed E-state index contributed by atoms with van der Waals surface area (Å²) in [7, 11) is 0. The number of nitrogens with one attached hydrogen (secondary N) is 1. The fourth-order valence-corrected chi connectivity index (χ4v) is 1.63. The van der Waals surface area contributed by atoms with E-state index >= 15 is 0 Å². The van der Waals surface area contributed by atoms with Gasteiger partial charge in [-0.25, -0.2) is 4.98 Å². The van der Waals surface area contributed by atoms with Crippen molar-refractivity contribution in [2.24, 2.45) is 5.73 Å². The van der Waals surface area contributed by atoms with Gasteiger partial charge in [0, 0.05) is 19.3 Å². The van der Waals surface area contributed by atoms with Crippen molar-refractivity contribution in [3.05, 3.63) is 59.4 Å². The number of pyridine rings is 1. The molecule has 0 bridgehead atoms.